The Labute approximate surface area is 162 Å². The molecule has 1 atom stereocenters. The zero-order chi connectivity index (χ0) is 19.6. The van der Waals surface area contributed by atoms with Crippen LogP contribution in [0.15, 0.2) is 53.5 Å². The number of amides is 1. The van der Waals surface area contributed by atoms with Crippen molar-refractivity contribution in [3.63, 3.8) is 0 Å². The Morgan fingerprint density at radius 1 is 1.22 bits per heavy atom. The van der Waals surface area contributed by atoms with Crippen molar-refractivity contribution in [2.45, 2.75) is 19.9 Å². The van der Waals surface area contributed by atoms with Crippen LogP contribution in [0.3, 0.4) is 0 Å². The SMILES string of the molecule is CCOc1ccc2c(c1)c(=O)c(C(=O)N[C@H](C)c1ccc(Cl)cc1)cn2C. The number of aromatic nitrogens is 1. The van der Waals surface area contributed by atoms with Gasteiger partial charge in [0.25, 0.3) is 5.91 Å². The zero-order valence-electron chi connectivity index (χ0n) is 15.5. The minimum absolute atomic E-state index is 0.0967. The fourth-order valence-electron chi connectivity index (χ4n) is 3.00. The molecular formula is C21H21ClN2O3. The molecule has 0 saturated carbocycles. The number of nitrogens with one attached hydrogen (secondary N) is 1. The molecule has 0 aliphatic heterocycles. The van der Waals surface area contributed by atoms with Gasteiger partial charge < -0.3 is 14.6 Å². The molecule has 1 aromatic heterocycles. The number of halogens is 1. The molecule has 6 heteroatoms. The van der Waals surface area contributed by atoms with Crippen molar-refractivity contribution in [1.82, 2.24) is 9.88 Å². The van der Waals surface area contributed by atoms with Crippen molar-refractivity contribution in [3.8, 4) is 5.75 Å². The summed E-state index contributed by atoms with van der Waals surface area (Å²) in [4.78, 5) is 25.6. The van der Waals surface area contributed by atoms with Gasteiger partial charge in [0, 0.05) is 18.3 Å². The molecule has 0 fully saturated rings. The van der Waals surface area contributed by atoms with E-state index in [2.05, 4.69) is 5.32 Å². The van der Waals surface area contributed by atoms with Crippen molar-refractivity contribution in [2.24, 2.45) is 7.05 Å². The Morgan fingerprint density at radius 3 is 2.59 bits per heavy atom. The number of carbonyl (C=O) groups is 1. The lowest BCUT2D eigenvalue weighted by molar-refractivity contribution is 0.0938. The smallest absolute Gasteiger partial charge is 0.257 e. The van der Waals surface area contributed by atoms with E-state index in [9.17, 15) is 9.59 Å². The Morgan fingerprint density at radius 2 is 1.93 bits per heavy atom. The van der Waals surface area contributed by atoms with Crippen LogP contribution in [0.4, 0.5) is 0 Å². The van der Waals surface area contributed by atoms with Gasteiger partial charge >= 0.3 is 0 Å². The quantitative estimate of drug-likeness (QED) is 0.721. The van der Waals surface area contributed by atoms with Crippen LogP contribution in [0.2, 0.25) is 5.02 Å². The summed E-state index contributed by atoms with van der Waals surface area (Å²) in [5.74, 6) is 0.191. The molecule has 1 N–H and O–H groups in total. The van der Waals surface area contributed by atoms with Crippen molar-refractivity contribution >= 4 is 28.4 Å². The first-order chi connectivity index (χ1) is 12.9. The Balaban J connectivity index is 1.95. The van der Waals surface area contributed by atoms with Crippen LogP contribution in [0, 0.1) is 0 Å². The molecule has 0 aliphatic rings. The van der Waals surface area contributed by atoms with E-state index in [1.807, 2.05) is 45.2 Å². The minimum atomic E-state index is -0.415. The number of benzene rings is 2. The Bertz CT molecular complexity index is 1040. The van der Waals surface area contributed by atoms with E-state index in [4.69, 9.17) is 16.3 Å². The third kappa shape index (κ3) is 3.98. The van der Waals surface area contributed by atoms with Gasteiger partial charge in [-0.05, 0) is 49.7 Å². The van der Waals surface area contributed by atoms with Gasteiger partial charge in [0.05, 0.1) is 23.6 Å². The van der Waals surface area contributed by atoms with Crippen LogP contribution in [0.1, 0.15) is 35.8 Å². The first kappa shape index (κ1) is 19.0. The molecule has 0 radical (unpaired) electrons. The van der Waals surface area contributed by atoms with E-state index in [0.717, 1.165) is 11.1 Å². The summed E-state index contributed by atoms with van der Waals surface area (Å²) in [6.07, 6.45) is 1.56. The average molecular weight is 385 g/mol. The summed E-state index contributed by atoms with van der Waals surface area (Å²) in [6.45, 7) is 4.24. The number of carbonyl (C=O) groups excluding carboxylic acids is 1. The molecule has 1 amide bonds. The van der Waals surface area contributed by atoms with Crippen LogP contribution in [-0.2, 0) is 7.05 Å². The van der Waals surface area contributed by atoms with E-state index in [0.29, 0.717) is 22.8 Å². The molecular weight excluding hydrogens is 364 g/mol. The van der Waals surface area contributed by atoms with Crippen LogP contribution in [0.25, 0.3) is 10.9 Å². The number of ether oxygens (including phenoxy) is 1. The van der Waals surface area contributed by atoms with Gasteiger partial charge in [-0.25, -0.2) is 0 Å². The predicted octanol–water partition coefficient (Wildman–Crippen LogP) is 4.08. The highest BCUT2D eigenvalue weighted by Crippen LogP contribution is 2.20. The first-order valence-corrected chi connectivity index (χ1v) is 9.11. The van der Waals surface area contributed by atoms with E-state index < -0.39 is 5.91 Å². The molecule has 0 saturated heterocycles. The predicted molar refractivity (Wildman–Crippen MR) is 108 cm³/mol. The van der Waals surface area contributed by atoms with E-state index in [-0.39, 0.29) is 17.0 Å². The lowest BCUT2D eigenvalue weighted by Crippen LogP contribution is -2.31. The van der Waals surface area contributed by atoms with Gasteiger partial charge in [-0.3, -0.25) is 9.59 Å². The third-order valence-electron chi connectivity index (χ3n) is 4.43. The summed E-state index contributed by atoms with van der Waals surface area (Å²) in [5, 5.41) is 3.96. The molecule has 1 heterocycles. The van der Waals surface area contributed by atoms with Gasteiger partial charge in [-0.1, -0.05) is 23.7 Å². The molecule has 3 rings (SSSR count). The molecule has 3 aromatic rings. The van der Waals surface area contributed by atoms with Crippen molar-refractivity contribution in [3.05, 3.63) is 75.0 Å². The van der Waals surface area contributed by atoms with Gasteiger partial charge in [0.15, 0.2) is 0 Å². The van der Waals surface area contributed by atoms with Crippen molar-refractivity contribution < 1.29 is 9.53 Å². The summed E-state index contributed by atoms with van der Waals surface area (Å²) in [5.41, 5.74) is 1.43. The summed E-state index contributed by atoms with van der Waals surface area (Å²) < 4.78 is 7.25. The van der Waals surface area contributed by atoms with Gasteiger partial charge in [0.2, 0.25) is 5.43 Å². The zero-order valence-corrected chi connectivity index (χ0v) is 16.2. The number of fused-ring (bicyclic) bond motifs is 1. The highest BCUT2D eigenvalue weighted by Gasteiger charge is 2.17. The van der Waals surface area contributed by atoms with Crippen LogP contribution in [-0.4, -0.2) is 17.1 Å². The number of nitrogens with zero attached hydrogens (tertiary/aromatic N) is 1. The van der Waals surface area contributed by atoms with Crippen LogP contribution >= 0.6 is 11.6 Å². The first-order valence-electron chi connectivity index (χ1n) is 8.73. The fraction of sp³-hybridized carbons (Fsp3) is 0.238. The third-order valence-corrected chi connectivity index (χ3v) is 4.69. The van der Waals surface area contributed by atoms with Gasteiger partial charge in [-0.15, -0.1) is 0 Å². The number of rotatable bonds is 5. The monoisotopic (exact) mass is 384 g/mol. The van der Waals surface area contributed by atoms with E-state index >= 15 is 0 Å². The summed E-state index contributed by atoms with van der Waals surface area (Å²) in [7, 11) is 1.81. The number of pyridine rings is 1. The largest absolute Gasteiger partial charge is 0.494 e. The van der Waals surface area contributed by atoms with Crippen molar-refractivity contribution in [1.29, 1.82) is 0 Å². The van der Waals surface area contributed by atoms with Gasteiger partial charge in [-0.2, -0.15) is 0 Å². The molecule has 0 bridgehead atoms. The second-order valence-electron chi connectivity index (χ2n) is 6.34. The maximum atomic E-state index is 12.9. The molecule has 2 aromatic carbocycles. The average Bonchev–Trinajstić information content (AvgIpc) is 2.65. The summed E-state index contributed by atoms with van der Waals surface area (Å²) >= 11 is 5.91. The number of hydrogen-bond acceptors (Lipinski definition) is 3. The highest BCUT2D eigenvalue weighted by atomic mass is 35.5. The molecule has 27 heavy (non-hydrogen) atoms. The van der Waals surface area contributed by atoms with Gasteiger partial charge in [0.1, 0.15) is 11.3 Å². The minimum Gasteiger partial charge on any atom is -0.494 e. The topological polar surface area (TPSA) is 60.3 Å². The number of hydrogen-bond donors (Lipinski definition) is 1. The highest BCUT2D eigenvalue weighted by molar-refractivity contribution is 6.30. The normalized spacial score (nSPS) is 12.0. The second kappa shape index (κ2) is 7.84. The van der Waals surface area contributed by atoms with E-state index in [1.165, 1.54) is 0 Å². The second-order valence-corrected chi connectivity index (χ2v) is 6.78. The van der Waals surface area contributed by atoms with E-state index in [1.54, 1.807) is 29.0 Å². The molecule has 140 valence electrons. The maximum Gasteiger partial charge on any atom is 0.257 e. The molecule has 5 nitrogen and oxygen atoms in total. The van der Waals surface area contributed by atoms with Crippen LogP contribution in [0.5, 0.6) is 5.75 Å². The lowest BCUT2D eigenvalue weighted by atomic mass is 10.1. The molecule has 0 spiro atoms. The molecule has 0 aliphatic carbocycles. The summed E-state index contributed by atoms with van der Waals surface area (Å²) in [6, 6.07) is 12.3. The van der Waals surface area contributed by atoms with Crippen molar-refractivity contribution in [2.75, 3.05) is 6.61 Å². The Hall–Kier alpha value is -2.79. The fourth-order valence-corrected chi connectivity index (χ4v) is 3.12. The maximum absolute atomic E-state index is 12.9. The number of aryl methyl sites for hydroxylation is 1. The Kier molecular flexibility index (Phi) is 5.51. The van der Waals surface area contributed by atoms with Crippen LogP contribution < -0.4 is 15.5 Å². The molecule has 0 unspecified atom stereocenters. The standard InChI is InChI=1S/C21H21ClN2O3/c1-4-27-16-9-10-19-17(11-16)20(25)18(12-24(19)3)21(26)23-13(2)14-5-7-15(22)8-6-14/h5-13H,4H2,1-3H3,(H,23,26)/t13-/m1/s1. The lowest BCUT2D eigenvalue weighted by Gasteiger charge is -2.15.